The van der Waals surface area contributed by atoms with Crippen LogP contribution in [0.25, 0.3) is 0 Å². The molecule has 0 aromatic heterocycles. The average molecular weight is 317 g/mol. The minimum Gasteiger partial charge on any atom is -0.481 e. The zero-order valence-electron chi connectivity index (χ0n) is 13.2. The molecule has 1 fully saturated rings. The summed E-state index contributed by atoms with van der Waals surface area (Å²) in [7, 11) is 0. The lowest BCUT2D eigenvalue weighted by Gasteiger charge is -2.34. The molecule has 1 aromatic carbocycles. The second-order valence-corrected chi connectivity index (χ2v) is 5.52. The molecule has 1 amide bonds. The normalized spacial score (nSPS) is 15.2. The molecular weight excluding hydrogens is 294 g/mol. The molecule has 1 aliphatic rings. The van der Waals surface area contributed by atoms with E-state index in [-0.39, 0.29) is 12.3 Å². The monoisotopic (exact) mass is 317 g/mol. The summed E-state index contributed by atoms with van der Waals surface area (Å²) >= 11 is 0. The van der Waals surface area contributed by atoms with E-state index in [1.807, 2.05) is 29.2 Å². The van der Waals surface area contributed by atoms with Crippen LogP contribution in [-0.2, 0) is 4.79 Å². The highest BCUT2D eigenvalue weighted by molar-refractivity contribution is 5.94. The van der Waals surface area contributed by atoms with E-state index < -0.39 is 5.97 Å². The van der Waals surface area contributed by atoms with Crippen LogP contribution in [0.1, 0.15) is 16.8 Å². The Hall–Kier alpha value is -2.34. The van der Waals surface area contributed by atoms with Gasteiger partial charge in [0.2, 0.25) is 0 Å². The third-order valence-corrected chi connectivity index (χ3v) is 3.88. The van der Waals surface area contributed by atoms with Gasteiger partial charge in [-0.3, -0.25) is 14.5 Å². The highest BCUT2D eigenvalue weighted by Crippen LogP contribution is 2.13. The van der Waals surface area contributed by atoms with Crippen LogP contribution in [-0.4, -0.2) is 66.1 Å². The van der Waals surface area contributed by atoms with E-state index in [1.54, 1.807) is 6.08 Å². The molecule has 0 radical (unpaired) electrons. The number of carboxylic acid groups (broad SMARTS) is 1. The Morgan fingerprint density at radius 2 is 1.83 bits per heavy atom. The number of hydrogen-bond donors (Lipinski definition) is 2. The van der Waals surface area contributed by atoms with Crippen molar-refractivity contribution in [2.24, 2.45) is 0 Å². The van der Waals surface area contributed by atoms with E-state index in [2.05, 4.69) is 16.8 Å². The highest BCUT2D eigenvalue weighted by atomic mass is 16.4. The van der Waals surface area contributed by atoms with E-state index >= 15 is 0 Å². The molecule has 2 N–H and O–H groups in total. The molecule has 0 unspecified atom stereocenters. The largest absolute Gasteiger partial charge is 0.481 e. The second-order valence-electron chi connectivity index (χ2n) is 5.52. The standard InChI is InChI=1S/C17H23N3O3/c1-2-8-18-15-5-3-14(4-6-15)17(23)20-12-10-19(11-13-20)9-7-16(21)22/h2-6,18H,1,7-13H2,(H,21,22). The summed E-state index contributed by atoms with van der Waals surface area (Å²) in [6.45, 7) is 7.59. The molecule has 23 heavy (non-hydrogen) atoms. The van der Waals surface area contributed by atoms with E-state index in [4.69, 9.17) is 5.11 Å². The first-order valence-corrected chi connectivity index (χ1v) is 7.78. The number of benzene rings is 1. The molecule has 1 aliphatic heterocycles. The number of carbonyl (C=O) groups is 2. The van der Waals surface area contributed by atoms with Gasteiger partial charge in [-0.1, -0.05) is 6.08 Å². The Labute approximate surface area is 136 Å². The van der Waals surface area contributed by atoms with E-state index in [0.29, 0.717) is 31.7 Å². The predicted octanol–water partition coefficient (Wildman–Crippen LogP) is 1.52. The van der Waals surface area contributed by atoms with Crippen LogP contribution < -0.4 is 5.32 Å². The van der Waals surface area contributed by atoms with Gasteiger partial charge in [-0.25, -0.2) is 0 Å². The third kappa shape index (κ3) is 5.10. The van der Waals surface area contributed by atoms with Crippen LogP contribution in [0.15, 0.2) is 36.9 Å². The van der Waals surface area contributed by atoms with Crippen LogP contribution in [0, 0.1) is 0 Å². The van der Waals surface area contributed by atoms with Crippen molar-refractivity contribution >= 4 is 17.6 Å². The summed E-state index contributed by atoms with van der Waals surface area (Å²) < 4.78 is 0. The van der Waals surface area contributed by atoms with Gasteiger partial charge in [0.15, 0.2) is 0 Å². The van der Waals surface area contributed by atoms with E-state index in [1.165, 1.54) is 0 Å². The molecule has 0 atom stereocenters. The summed E-state index contributed by atoms with van der Waals surface area (Å²) in [5.41, 5.74) is 1.63. The molecule has 1 saturated heterocycles. The highest BCUT2D eigenvalue weighted by Gasteiger charge is 2.22. The number of carbonyl (C=O) groups excluding carboxylic acids is 1. The first kappa shape index (κ1) is 17.0. The van der Waals surface area contributed by atoms with Gasteiger partial charge < -0.3 is 15.3 Å². The Bertz CT molecular complexity index is 549. The number of rotatable bonds is 7. The molecule has 6 heteroatoms. The number of nitrogens with zero attached hydrogens (tertiary/aromatic N) is 2. The Morgan fingerprint density at radius 3 is 2.39 bits per heavy atom. The number of carboxylic acids is 1. The lowest BCUT2D eigenvalue weighted by atomic mass is 10.1. The summed E-state index contributed by atoms with van der Waals surface area (Å²) in [5, 5.41) is 11.9. The van der Waals surface area contributed by atoms with Crippen molar-refractivity contribution in [1.29, 1.82) is 0 Å². The van der Waals surface area contributed by atoms with Crippen molar-refractivity contribution in [2.45, 2.75) is 6.42 Å². The van der Waals surface area contributed by atoms with Gasteiger partial charge in [0.1, 0.15) is 0 Å². The molecular formula is C17H23N3O3. The Balaban J connectivity index is 1.84. The average Bonchev–Trinajstić information content (AvgIpc) is 2.58. The second kappa shape index (κ2) is 8.33. The van der Waals surface area contributed by atoms with Gasteiger partial charge in [-0.15, -0.1) is 6.58 Å². The number of amides is 1. The first-order valence-electron chi connectivity index (χ1n) is 7.78. The SMILES string of the molecule is C=CCNc1ccc(C(=O)N2CCN(CCC(=O)O)CC2)cc1. The van der Waals surface area contributed by atoms with Crippen LogP contribution >= 0.6 is 0 Å². The minimum absolute atomic E-state index is 0.0261. The molecule has 0 spiro atoms. The number of aliphatic carboxylic acids is 1. The lowest BCUT2D eigenvalue weighted by molar-refractivity contribution is -0.137. The van der Waals surface area contributed by atoms with E-state index in [9.17, 15) is 9.59 Å². The summed E-state index contributed by atoms with van der Waals surface area (Å²) in [4.78, 5) is 27.0. The van der Waals surface area contributed by atoms with Crippen LogP contribution in [0.5, 0.6) is 0 Å². The van der Waals surface area contributed by atoms with Gasteiger partial charge in [-0.05, 0) is 24.3 Å². The molecule has 1 heterocycles. The summed E-state index contributed by atoms with van der Waals surface area (Å²) in [6.07, 6.45) is 1.93. The molecule has 2 rings (SSSR count). The van der Waals surface area contributed by atoms with E-state index in [0.717, 1.165) is 18.8 Å². The molecule has 124 valence electrons. The van der Waals surface area contributed by atoms with Crippen LogP contribution in [0.4, 0.5) is 5.69 Å². The fraction of sp³-hybridized carbons (Fsp3) is 0.412. The van der Waals surface area contributed by atoms with Crippen molar-refractivity contribution < 1.29 is 14.7 Å². The van der Waals surface area contributed by atoms with Crippen molar-refractivity contribution in [2.75, 3.05) is 44.6 Å². The third-order valence-electron chi connectivity index (χ3n) is 3.88. The van der Waals surface area contributed by atoms with Gasteiger partial charge >= 0.3 is 5.97 Å². The topological polar surface area (TPSA) is 72.9 Å². The summed E-state index contributed by atoms with van der Waals surface area (Å²) in [5.74, 6) is -0.758. The molecule has 6 nitrogen and oxygen atoms in total. The van der Waals surface area contributed by atoms with Gasteiger partial charge in [0.25, 0.3) is 5.91 Å². The van der Waals surface area contributed by atoms with Gasteiger partial charge in [0, 0.05) is 50.5 Å². The zero-order valence-corrected chi connectivity index (χ0v) is 13.2. The fourth-order valence-electron chi connectivity index (χ4n) is 2.53. The maximum Gasteiger partial charge on any atom is 0.304 e. The predicted molar refractivity (Wildman–Crippen MR) is 89.7 cm³/mol. The van der Waals surface area contributed by atoms with Gasteiger partial charge in [0.05, 0.1) is 6.42 Å². The van der Waals surface area contributed by atoms with Crippen molar-refractivity contribution in [3.8, 4) is 0 Å². The Morgan fingerprint density at radius 1 is 1.17 bits per heavy atom. The van der Waals surface area contributed by atoms with Crippen LogP contribution in [0.2, 0.25) is 0 Å². The van der Waals surface area contributed by atoms with Crippen LogP contribution in [0.3, 0.4) is 0 Å². The lowest BCUT2D eigenvalue weighted by Crippen LogP contribution is -2.49. The quantitative estimate of drug-likeness (QED) is 0.746. The number of hydrogen-bond acceptors (Lipinski definition) is 4. The molecule has 0 bridgehead atoms. The first-order chi connectivity index (χ1) is 11.1. The molecule has 0 aliphatic carbocycles. The van der Waals surface area contributed by atoms with Crippen molar-refractivity contribution in [3.05, 3.63) is 42.5 Å². The maximum absolute atomic E-state index is 12.5. The fourth-order valence-corrected chi connectivity index (χ4v) is 2.53. The molecule has 1 aromatic rings. The summed E-state index contributed by atoms with van der Waals surface area (Å²) in [6, 6.07) is 7.43. The zero-order chi connectivity index (χ0) is 16.7. The Kier molecular flexibility index (Phi) is 6.17. The van der Waals surface area contributed by atoms with Crippen molar-refractivity contribution in [1.82, 2.24) is 9.80 Å². The maximum atomic E-state index is 12.5. The minimum atomic E-state index is -0.784. The number of nitrogens with one attached hydrogen (secondary N) is 1. The van der Waals surface area contributed by atoms with Crippen molar-refractivity contribution in [3.63, 3.8) is 0 Å². The van der Waals surface area contributed by atoms with Gasteiger partial charge in [-0.2, -0.15) is 0 Å². The molecule has 0 saturated carbocycles. The number of piperazine rings is 1. The smallest absolute Gasteiger partial charge is 0.304 e. The number of anilines is 1.